The molecule has 2 fully saturated rings. The van der Waals surface area contributed by atoms with Crippen LogP contribution in [0.25, 0.3) is 0 Å². The lowest BCUT2D eigenvalue weighted by molar-refractivity contribution is -0.127. The largest absolute Gasteiger partial charge is 0.444 e. The molecule has 0 saturated heterocycles. The molecule has 0 aromatic heterocycles. The highest BCUT2D eigenvalue weighted by Crippen LogP contribution is 2.24. The first-order valence-electron chi connectivity index (χ1n) is 11.8. The molecule has 0 bridgehead atoms. The number of carbonyl (C=O) groups excluding carboxylic acids is 2. The van der Waals surface area contributed by atoms with Gasteiger partial charge in [-0.15, -0.1) is 24.0 Å². The van der Waals surface area contributed by atoms with Gasteiger partial charge >= 0.3 is 6.09 Å². The lowest BCUT2D eigenvalue weighted by Gasteiger charge is -2.34. The number of halogens is 1. The second-order valence-electron chi connectivity index (χ2n) is 10.3. The van der Waals surface area contributed by atoms with E-state index in [1.807, 2.05) is 20.8 Å². The van der Waals surface area contributed by atoms with Crippen LogP contribution in [-0.4, -0.2) is 67.2 Å². The van der Waals surface area contributed by atoms with Gasteiger partial charge in [-0.25, -0.2) is 9.79 Å². The van der Waals surface area contributed by atoms with Gasteiger partial charge in [0.05, 0.1) is 0 Å². The summed E-state index contributed by atoms with van der Waals surface area (Å²) >= 11 is 0. The van der Waals surface area contributed by atoms with Crippen molar-refractivity contribution < 1.29 is 14.3 Å². The van der Waals surface area contributed by atoms with Crippen molar-refractivity contribution in [3.05, 3.63) is 0 Å². The monoisotopic (exact) mass is 565 g/mol. The average molecular weight is 566 g/mol. The van der Waals surface area contributed by atoms with Crippen LogP contribution in [0.4, 0.5) is 4.79 Å². The number of likely N-dealkylation sites (N-methyl/N-ethyl adjacent to an activating group) is 1. The Balaban J connectivity index is 0.00000512. The second-order valence-corrected chi connectivity index (χ2v) is 10.3. The molecule has 2 saturated carbocycles. The number of nitrogens with one attached hydrogen (secondary N) is 3. The molecule has 2 unspecified atom stereocenters. The van der Waals surface area contributed by atoms with Gasteiger partial charge in [0.1, 0.15) is 12.1 Å². The minimum Gasteiger partial charge on any atom is -0.444 e. The molecule has 2 amide bonds. The lowest BCUT2D eigenvalue weighted by Crippen LogP contribution is -2.52. The molecule has 186 valence electrons. The molecule has 0 heterocycles. The zero-order valence-corrected chi connectivity index (χ0v) is 23.0. The van der Waals surface area contributed by atoms with E-state index >= 15 is 0 Å². The van der Waals surface area contributed by atoms with Crippen molar-refractivity contribution in [2.24, 2.45) is 10.9 Å². The summed E-state index contributed by atoms with van der Waals surface area (Å²) in [5.74, 6) is 1.32. The van der Waals surface area contributed by atoms with E-state index in [2.05, 4.69) is 27.9 Å². The highest BCUT2D eigenvalue weighted by Gasteiger charge is 2.27. The van der Waals surface area contributed by atoms with E-state index in [-0.39, 0.29) is 54.6 Å². The minimum atomic E-state index is -0.486. The van der Waals surface area contributed by atoms with Crippen LogP contribution in [0.1, 0.15) is 79.1 Å². The van der Waals surface area contributed by atoms with Gasteiger partial charge in [0.2, 0.25) is 5.91 Å². The molecular weight excluding hydrogens is 521 g/mol. The Morgan fingerprint density at radius 1 is 0.938 bits per heavy atom. The number of alkyl carbamates (subject to hydrolysis) is 1. The number of guanidine groups is 1. The third-order valence-electron chi connectivity index (χ3n) is 6.09. The summed E-state index contributed by atoms with van der Waals surface area (Å²) in [5.41, 5.74) is -0.486. The van der Waals surface area contributed by atoms with Gasteiger partial charge in [-0.3, -0.25) is 4.79 Å². The molecule has 3 N–H and O–H groups in total. The molecule has 32 heavy (non-hydrogen) atoms. The fourth-order valence-electron chi connectivity index (χ4n) is 4.18. The smallest absolute Gasteiger partial charge is 0.407 e. The Hall–Kier alpha value is -1.26. The Kier molecular flexibility index (Phi) is 12.1. The van der Waals surface area contributed by atoms with Crippen molar-refractivity contribution in [3.63, 3.8) is 0 Å². The lowest BCUT2D eigenvalue weighted by atomic mass is 9.86. The Bertz CT molecular complexity index is 628. The first-order chi connectivity index (χ1) is 14.5. The van der Waals surface area contributed by atoms with Crippen molar-refractivity contribution in [2.45, 2.75) is 103 Å². The quantitative estimate of drug-likeness (QED) is 0.269. The summed E-state index contributed by atoms with van der Waals surface area (Å²) in [6.07, 6.45) is 8.17. The zero-order valence-electron chi connectivity index (χ0n) is 20.7. The van der Waals surface area contributed by atoms with E-state index in [1.165, 1.54) is 19.3 Å². The molecule has 2 aliphatic rings. The van der Waals surface area contributed by atoms with Gasteiger partial charge in [0.25, 0.3) is 0 Å². The summed E-state index contributed by atoms with van der Waals surface area (Å²) in [4.78, 5) is 30.2. The maximum absolute atomic E-state index is 12.1. The number of ether oxygens (including phenoxy) is 1. The zero-order chi connectivity index (χ0) is 23.0. The second kappa shape index (κ2) is 13.4. The third kappa shape index (κ3) is 10.6. The van der Waals surface area contributed by atoms with Crippen LogP contribution < -0.4 is 16.0 Å². The molecule has 0 aliphatic heterocycles. The fraction of sp³-hybridized carbons (Fsp3) is 0.870. The molecule has 8 nitrogen and oxygen atoms in total. The fourth-order valence-corrected chi connectivity index (χ4v) is 4.18. The first kappa shape index (κ1) is 28.8. The average Bonchev–Trinajstić information content (AvgIpc) is 2.67. The number of amides is 2. The van der Waals surface area contributed by atoms with Gasteiger partial charge in [-0.05, 0) is 65.2 Å². The number of nitrogens with zero attached hydrogens (tertiary/aromatic N) is 2. The van der Waals surface area contributed by atoms with Gasteiger partial charge in [-0.1, -0.05) is 19.8 Å². The van der Waals surface area contributed by atoms with E-state index in [4.69, 9.17) is 4.74 Å². The molecule has 0 spiro atoms. The summed E-state index contributed by atoms with van der Waals surface area (Å²) in [5, 5.41) is 10.1. The Labute approximate surface area is 211 Å². The topological polar surface area (TPSA) is 95.1 Å². The van der Waals surface area contributed by atoms with E-state index in [1.54, 1.807) is 19.0 Å². The van der Waals surface area contributed by atoms with Gasteiger partial charge < -0.3 is 25.6 Å². The molecule has 9 heteroatoms. The van der Waals surface area contributed by atoms with Crippen molar-refractivity contribution in [1.29, 1.82) is 0 Å². The predicted molar refractivity (Wildman–Crippen MR) is 140 cm³/mol. The molecule has 0 aromatic rings. The number of carbonyl (C=O) groups is 2. The molecule has 2 aliphatic carbocycles. The summed E-state index contributed by atoms with van der Waals surface area (Å²) in [7, 11) is 3.50. The third-order valence-corrected chi connectivity index (χ3v) is 6.09. The number of rotatable bonds is 5. The van der Waals surface area contributed by atoms with Crippen LogP contribution in [0, 0.1) is 5.92 Å². The van der Waals surface area contributed by atoms with Gasteiger partial charge in [0, 0.05) is 32.2 Å². The minimum absolute atomic E-state index is 0. The van der Waals surface area contributed by atoms with Crippen LogP contribution in [0.5, 0.6) is 0 Å². The van der Waals surface area contributed by atoms with Crippen LogP contribution >= 0.6 is 24.0 Å². The summed E-state index contributed by atoms with van der Waals surface area (Å²) < 4.78 is 5.37. The summed E-state index contributed by atoms with van der Waals surface area (Å²) in [6.45, 7) is 8.03. The van der Waals surface area contributed by atoms with E-state index in [9.17, 15) is 9.59 Å². The highest BCUT2D eigenvalue weighted by molar-refractivity contribution is 14.0. The van der Waals surface area contributed by atoms with Crippen molar-refractivity contribution in [1.82, 2.24) is 20.9 Å². The SMILES string of the molecule is CC1CCCCC1NC(=NCC(=O)N(C)C)NC1CCC(NC(=O)OC(C)(C)C)CC1.I. The maximum Gasteiger partial charge on any atom is 0.407 e. The first-order valence-corrected chi connectivity index (χ1v) is 11.8. The Morgan fingerprint density at radius 3 is 2.03 bits per heavy atom. The summed E-state index contributed by atoms with van der Waals surface area (Å²) in [6, 6.07) is 0.797. The number of aliphatic imine (C=N–C) groups is 1. The van der Waals surface area contributed by atoms with E-state index in [0.29, 0.717) is 12.0 Å². The standard InChI is InChI=1S/C23H43N5O3.HI/c1-16-9-7-8-10-19(16)27-21(24-15-20(29)28(5)6)25-17-11-13-18(14-12-17)26-22(30)31-23(2,3)4;/h16-19H,7-15H2,1-6H3,(H,26,30)(H2,24,25,27);1H. The van der Waals surface area contributed by atoms with Crippen LogP contribution in [0.3, 0.4) is 0 Å². The van der Waals surface area contributed by atoms with Crippen molar-refractivity contribution >= 4 is 41.9 Å². The van der Waals surface area contributed by atoms with Gasteiger partial charge in [-0.2, -0.15) is 0 Å². The molecule has 0 radical (unpaired) electrons. The van der Waals surface area contributed by atoms with E-state index in [0.717, 1.165) is 38.1 Å². The maximum atomic E-state index is 12.1. The van der Waals surface area contributed by atoms with Crippen LogP contribution in [0.2, 0.25) is 0 Å². The number of hydrogen-bond acceptors (Lipinski definition) is 4. The molecular formula is C23H44IN5O3. The Morgan fingerprint density at radius 2 is 1.50 bits per heavy atom. The predicted octanol–water partition coefficient (Wildman–Crippen LogP) is 3.64. The molecule has 2 atom stereocenters. The van der Waals surface area contributed by atoms with Crippen molar-refractivity contribution in [2.75, 3.05) is 20.6 Å². The van der Waals surface area contributed by atoms with Crippen LogP contribution in [0.15, 0.2) is 4.99 Å². The van der Waals surface area contributed by atoms with Gasteiger partial charge in [0.15, 0.2) is 5.96 Å². The van der Waals surface area contributed by atoms with Crippen molar-refractivity contribution in [3.8, 4) is 0 Å². The normalized spacial score (nSPS) is 26.4. The molecule has 0 aromatic carbocycles. The molecule has 2 rings (SSSR count). The van der Waals surface area contributed by atoms with E-state index < -0.39 is 5.60 Å². The highest BCUT2D eigenvalue weighted by atomic mass is 127. The number of hydrogen-bond donors (Lipinski definition) is 3. The van der Waals surface area contributed by atoms with Crippen LogP contribution in [-0.2, 0) is 9.53 Å².